The maximum atomic E-state index is 13.8. The number of piperidine rings is 1. The van der Waals surface area contributed by atoms with Crippen LogP contribution in [0.1, 0.15) is 52.1 Å². The Morgan fingerprint density at radius 3 is 2.55 bits per heavy atom. The van der Waals surface area contributed by atoms with Crippen LogP contribution in [-0.4, -0.2) is 64.6 Å². The molecule has 212 valence electrons. The van der Waals surface area contributed by atoms with Gasteiger partial charge in [-0.1, -0.05) is 29.8 Å². The Morgan fingerprint density at radius 1 is 1.12 bits per heavy atom. The monoisotopic (exact) mass is 570 g/mol. The van der Waals surface area contributed by atoms with Gasteiger partial charge in [-0.05, 0) is 54.9 Å². The molecule has 3 heterocycles. The number of likely N-dealkylation sites (tertiary alicyclic amines) is 1. The largest absolute Gasteiger partial charge is 0.371 e. The van der Waals surface area contributed by atoms with Crippen LogP contribution in [0, 0.1) is 12.7 Å². The van der Waals surface area contributed by atoms with Crippen molar-refractivity contribution in [3.63, 3.8) is 0 Å². The highest BCUT2D eigenvalue weighted by Crippen LogP contribution is 2.48. The highest BCUT2D eigenvalue weighted by molar-refractivity contribution is 7.85. The van der Waals surface area contributed by atoms with Gasteiger partial charge in [0.15, 0.2) is 5.78 Å². The maximum absolute atomic E-state index is 13.8. The van der Waals surface area contributed by atoms with Crippen molar-refractivity contribution in [1.29, 1.82) is 0 Å². The van der Waals surface area contributed by atoms with Crippen LogP contribution in [-0.2, 0) is 10.1 Å². The van der Waals surface area contributed by atoms with Gasteiger partial charge in [0.2, 0.25) is 0 Å². The molecule has 3 aliphatic heterocycles. The van der Waals surface area contributed by atoms with E-state index in [0.717, 1.165) is 44.7 Å². The molecule has 3 aromatic carbocycles. The number of hydrogen-bond acceptors (Lipinski definition) is 5. The van der Waals surface area contributed by atoms with Crippen LogP contribution < -0.4 is 14.7 Å². The van der Waals surface area contributed by atoms with Crippen LogP contribution in [0.25, 0.3) is 0 Å². The van der Waals surface area contributed by atoms with E-state index in [-0.39, 0.29) is 16.9 Å². The molecule has 3 aliphatic rings. The van der Waals surface area contributed by atoms with Crippen LogP contribution in [0.5, 0.6) is 0 Å². The first-order valence-corrected chi connectivity index (χ1v) is 15.0. The SMILES string of the molecule is Cc1ccc(S(=O)(=O)O)cc1.[2H]c1c([2H])c(C(=O)CCC[NH+]2CC[C@H]3[C@@H](C2)c2cccc4c2N3CCN4C)c([2H])c([2H])c1F. The topological polar surface area (TPSA) is 82.4 Å². The summed E-state index contributed by atoms with van der Waals surface area (Å²) in [5, 5.41) is 0. The second-order valence-electron chi connectivity index (χ2n) is 10.8. The third kappa shape index (κ3) is 6.06. The summed E-state index contributed by atoms with van der Waals surface area (Å²) >= 11 is 0. The third-order valence-electron chi connectivity index (χ3n) is 8.11. The zero-order valence-electron chi connectivity index (χ0n) is 26.7. The number of likely N-dealkylation sites (N-methyl/N-ethyl adjacent to an activating group) is 1. The van der Waals surface area contributed by atoms with E-state index in [1.165, 1.54) is 34.0 Å². The van der Waals surface area contributed by atoms with Crippen molar-refractivity contribution in [2.24, 2.45) is 0 Å². The number of aryl methyl sites for hydroxylation is 1. The zero-order valence-corrected chi connectivity index (χ0v) is 23.5. The van der Waals surface area contributed by atoms with Crippen molar-refractivity contribution >= 4 is 27.3 Å². The fraction of sp³-hybridized carbons (Fsp3) is 0.387. The number of Topliss-reactive ketones (excluding diaryl/α,β-unsaturated/α-hetero) is 1. The van der Waals surface area contributed by atoms with E-state index < -0.39 is 45.9 Å². The Labute approximate surface area is 241 Å². The van der Waals surface area contributed by atoms with E-state index in [4.69, 9.17) is 10.0 Å². The summed E-state index contributed by atoms with van der Waals surface area (Å²) in [7, 11) is -1.86. The highest BCUT2D eigenvalue weighted by Gasteiger charge is 2.46. The molecule has 0 aromatic heterocycles. The summed E-state index contributed by atoms with van der Waals surface area (Å²) in [6.45, 7) is 6.82. The van der Waals surface area contributed by atoms with Crippen molar-refractivity contribution < 1.29 is 32.5 Å². The lowest BCUT2D eigenvalue weighted by Crippen LogP contribution is -3.14. The van der Waals surface area contributed by atoms with Crippen molar-refractivity contribution in [2.45, 2.75) is 43.0 Å². The molecular weight excluding hydrogens is 529 g/mol. The van der Waals surface area contributed by atoms with E-state index in [1.807, 2.05) is 6.92 Å². The molecule has 1 saturated heterocycles. The van der Waals surface area contributed by atoms with Crippen LogP contribution in [0.3, 0.4) is 0 Å². The third-order valence-corrected chi connectivity index (χ3v) is 8.98. The quantitative estimate of drug-likeness (QED) is 0.347. The first-order valence-electron chi connectivity index (χ1n) is 15.6. The second-order valence-corrected chi connectivity index (χ2v) is 12.2. The van der Waals surface area contributed by atoms with Crippen LogP contribution in [0.4, 0.5) is 15.8 Å². The van der Waals surface area contributed by atoms with E-state index in [1.54, 1.807) is 12.1 Å². The number of benzene rings is 3. The first-order chi connectivity index (χ1) is 20.8. The Kier molecular flexibility index (Phi) is 6.85. The predicted molar refractivity (Wildman–Crippen MR) is 155 cm³/mol. The summed E-state index contributed by atoms with van der Waals surface area (Å²) < 4.78 is 74.3. The Hall–Kier alpha value is -3.27. The average Bonchev–Trinajstić information content (AvgIpc) is 3.31. The summed E-state index contributed by atoms with van der Waals surface area (Å²) in [5.41, 5.74) is 4.82. The normalized spacial score (nSPS) is 22.6. The molecule has 2 N–H and O–H groups in total. The minimum absolute atomic E-state index is 0.0666. The number of anilines is 2. The Morgan fingerprint density at radius 2 is 1.85 bits per heavy atom. The first kappa shape index (κ1) is 23.4. The lowest BCUT2D eigenvalue weighted by Gasteiger charge is -2.40. The average molecular weight is 571 g/mol. The molecule has 0 amide bonds. The van der Waals surface area contributed by atoms with Crippen molar-refractivity contribution in [3.05, 3.63) is 89.1 Å². The molecule has 1 unspecified atom stereocenters. The van der Waals surface area contributed by atoms with Crippen LogP contribution in [0.2, 0.25) is 0 Å². The Bertz CT molecular complexity index is 1660. The fourth-order valence-corrected chi connectivity index (χ4v) is 6.56. The summed E-state index contributed by atoms with van der Waals surface area (Å²) in [5.74, 6) is -1.17. The summed E-state index contributed by atoms with van der Waals surface area (Å²) in [4.78, 5) is 19.0. The second kappa shape index (κ2) is 11.7. The van der Waals surface area contributed by atoms with Crippen molar-refractivity contribution in [1.82, 2.24) is 0 Å². The van der Waals surface area contributed by atoms with E-state index in [0.29, 0.717) is 18.4 Å². The van der Waals surface area contributed by atoms with Gasteiger partial charge in [0.25, 0.3) is 10.1 Å². The number of quaternary nitrogens is 1. The lowest BCUT2D eigenvalue weighted by molar-refractivity contribution is -0.906. The van der Waals surface area contributed by atoms with E-state index in [2.05, 4.69) is 35.0 Å². The number of fused-ring (bicyclic) bond motifs is 3. The van der Waals surface area contributed by atoms with E-state index >= 15 is 0 Å². The van der Waals surface area contributed by atoms with Gasteiger partial charge in [-0.25, -0.2) is 4.39 Å². The minimum Gasteiger partial charge on any atom is -0.371 e. The van der Waals surface area contributed by atoms with Gasteiger partial charge in [0.1, 0.15) is 5.82 Å². The van der Waals surface area contributed by atoms with Gasteiger partial charge in [0, 0.05) is 51.0 Å². The van der Waals surface area contributed by atoms with Gasteiger partial charge in [-0.2, -0.15) is 8.42 Å². The van der Waals surface area contributed by atoms with E-state index in [9.17, 15) is 17.6 Å². The molecule has 0 spiro atoms. The standard InChI is InChI=1S/C24H28FN3O.C7H8O3S/c1-26-14-15-28-21-11-13-27(16-20(21)19-4-2-5-22(26)24(19)28)12-3-6-23(29)17-7-9-18(25)10-8-17;1-6-2-4-7(5-3-6)11(8,9)10/h2,4-5,7-10,20-21H,3,6,11-16H2,1H3;2-5H,1H3,(H,8,9,10)/p+1/t20-,21-;/m0./s1/i7D,8D,9D,10D;. The highest BCUT2D eigenvalue weighted by atomic mass is 32.2. The number of halogens is 1. The molecule has 0 aliphatic carbocycles. The van der Waals surface area contributed by atoms with Gasteiger partial charge in [-0.15, -0.1) is 0 Å². The number of para-hydroxylation sites is 1. The number of carbonyl (C=O) groups is 1. The molecule has 7 nitrogen and oxygen atoms in total. The summed E-state index contributed by atoms with van der Waals surface area (Å²) in [6.07, 6.45) is 1.85. The van der Waals surface area contributed by atoms with Crippen molar-refractivity contribution in [3.8, 4) is 0 Å². The van der Waals surface area contributed by atoms with Crippen molar-refractivity contribution in [2.75, 3.05) is 49.6 Å². The zero-order chi connectivity index (χ0) is 31.9. The van der Waals surface area contributed by atoms with Gasteiger partial charge in [0.05, 0.1) is 47.3 Å². The Balaban J connectivity index is 0.000000296. The molecule has 3 aromatic rings. The number of hydrogen-bond donors (Lipinski definition) is 2. The number of carbonyl (C=O) groups excluding carboxylic acids is 1. The number of rotatable bonds is 6. The van der Waals surface area contributed by atoms with Gasteiger partial charge in [-0.3, -0.25) is 9.35 Å². The molecular formula is C31H37FN3O4S+. The van der Waals surface area contributed by atoms with Crippen LogP contribution >= 0.6 is 0 Å². The number of nitrogens with one attached hydrogen (secondary N) is 1. The minimum atomic E-state index is -4.02. The molecule has 40 heavy (non-hydrogen) atoms. The molecule has 0 bridgehead atoms. The number of ketones is 1. The number of nitrogens with zero attached hydrogens (tertiary/aromatic N) is 2. The smallest absolute Gasteiger partial charge is 0.294 e. The van der Waals surface area contributed by atoms with Gasteiger partial charge < -0.3 is 14.7 Å². The lowest BCUT2D eigenvalue weighted by atomic mass is 9.89. The molecule has 6 rings (SSSR count). The van der Waals surface area contributed by atoms with Gasteiger partial charge >= 0.3 is 0 Å². The molecule has 1 fully saturated rings. The summed E-state index contributed by atoms with van der Waals surface area (Å²) in [6, 6.07) is 10.4. The fourth-order valence-electron chi connectivity index (χ4n) is 6.08. The molecule has 0 radical (unpaired) electrons. The molecule has 3 atom stereocenters. The predicted octanol–water partition coefficient (Wildman–Crippen LogP) is 3.74. The molecule has 9 heteroatoms. The maximum Gasteiger partial charge on any atom is 0.294 e. The van der Waals surface area contributed by atoms with Crippen LogP contribution in [0.15, 0.2) is 71.5 Å². The molecule has 0 saturated carbocycles.